The van der Waals surface area contributed by atoms with Gasteiger partial charge in [0.25, 0.3) is 5.91 Å². The van der Waals surface area contributed by atoms with E-state index in [2.05, 4.69) is 10.1 Å². The Morgan fingerprint density at radius 1 is 1.42 bits per heavy atom. The Bertz CT molecular complexity index is 930. The minimum atomic E-state index is -0.257. The molecule has 1 fully saturated rings. The van der Waals surface area contributed by atoms with E-state index in [-0.39, 0.29) is 17.8 Å². The number of benzene rings is 1. The molecule has 2 aromatic heterocycles. The first-order chi connectivity index (χ1) is 12.6. The highest BCUT2D eigenvalue weighted by atomic mass is 32.1. The number of hydrogen-bond donors (Lipinski definition) is 0. The third-order valence-corrected chi connectivity index (χ3v) is 5.35. The number of hydrogen-bond acceptors (Lipinski definition) is 7. The monoisotopic (exact) mass is 373 g/mol. The van der Waals surface area contributed by atoms with E-state index in [4.69, 9.17) is 14.0 Å². The van der Waals surface area contributed by atoms with Gasteiger partial charge in [0.2, 0.25) is 5.76 Å². The van der Waals surface area contributed by atoms with Crippen LogP contribution in [-0.2, 0) is 4.74 Å². The predicted molar refractivity (Wildman–Crippen MR) is 98.1 cm³/mol. The smallest absolute Gasteiger partial charge is 0.298 e. The number of aromatic nitrogens is 2. The van der Waals surface area contributed by atoms with Gasteiger partial charge in [0.05, 0.1) is 35.7 Å². The first-order valence-electron chi connectivity index (χ1n) is 8.45. The molecule has 3 heterocycles. The topological polar surface area (TPSA) is 77.7 Å². The standard InChI is InChI=1S/C18H19N3O4S/c1-11-8-15(25-20-11)17(22)21(10-13-4-3-7-24-13)18-19-14-6-5-12(23-2)9-16(14)26-18/h5-6,8-9,13H,3-4,7,10H2,1-2H3. The number of rotatable bonds is 5. The second-order valence-electron chi connectivity index (χ2n) is 6.21. The summed E-state index contributed by atoms with van der Waals surface area (Å²) >= 11 is 1.44. The van der Waals surface area contributed by atoms with Gasteiger partial charge in [0, 0.05) is 12.7 Å². The first-order valence-corrected chi connectivity index (χ1v) is 9.27. The number of anilines is 1. The third kappa shape index (κ3) is 3.30. The van der Waals surface area contributed by atoms with E-state index in [1.165, 1.54) is 11.3 Å². The molecule has 7 nitrogen and oxygen atoms in total. The lowest BCUT2D eigenvalue weighted by molar-refractivity contribution is 0.0887. The zero-order chi connectivity index (χ0) is 18.1. The summed E-state index contributed by atoms with van der Waals surface area (Å²) in [6.07, 6.45) is 1.94. The fourth-order valence-electron chi connectivity index (χ4n) is 2.97. The fourth-order valence-corrected chi connectivity index (χ4v) is 3.97. The minimum Gasteiger partial charge on any atom is -0.497 e. The molecule has 0 radical (unpaired) electrons. The molecule has 1 atom stereocenters. The molecular weight excluding hydrogens is 354 g/mol. The molecule has 26 heavy (non-hydrogen) atoms. The van der Waals surface area contributed by atoms with Crippen LogP contribution in [0.2, 0.25) is 0 Å². The second-order valence-corrected chi connectivity index (χ2v) is 7.22. The number of methoxy groups -OCH3 is 1. The minimum absolute atomic E-state index is 0.00418. The summed E-state index contributed by atoms with van der Waals surface area (Å²) in [5.74, 6) is 0.708. The van der Waals surface area contributed by atoms with Crippen molar-refractivity contribution in [2.45, 2.75) is 25.9 Å². The molecule has 136 valence electrons. The molecule has 0 saturated carbocycles. The predicted octanol–water partition coefficient (Wildman–Crippen LogP) is 3.43. The highest BCUT2D eigenvalue weighted by molar-refractivity contribution is 7.22. The molecule has 0 aliphatic carbocycles. The summed E-state index contributed by atoms with van der Waals surface area (Å²) in [7, 11) is 1.63. The molecule has 4 rings (SSSR count). The quantitative estimate of drug-likeness (QED) is 0.682. The highest BCUT2D eigenvalue weighted by Gasteiger charge is 2.29. The molecule has 1 aliphatic rings. The summed E-state index contributed by atoms with van der Waals surface area (Å²) in [5, 5.41) is 4.44. The number of carbonyl (C=O) groups excluding carboxylic acids is 1. The zero-order valence-corrected chi connectivity index (χ0v) is 15.4. The van der Waals surface area contributed by atoms with Gasteiger partial charge in [-0.3, -0.25) is 9.69 Å². The molecule has 3 aromatic rings. The molecule has 1 aromatic carbocycles. The lowest BCUT2D eigenvalue weighted by Crippen LogP contribution is -2.37. The number of amides is 1. The number of nitrogens with zero attached hydrogens (tertiary/aromatic N) is 3. The van der Waals surface area contributed by atoms with Gasteiger partial charge in [-0.2, -0.15) is 0 Å². The van der Waals surface area contributed by atoms with Crippen molar-refractivity contribution in [1.82, 2.24) is 10.1 Å². The Kier molecular flexibility index (Phi) is 4.60. The van der Waals surface area contributed by atoms with Gasteiger partial charge in [-0.25, -0.2) is 4.98 Å². The van der Waals surface area contributed by atoms with Gasteiger partial charge >= 0.3 is 0 Å². The van der Waals surface area contributed by atoms with Gasteiger partial charge in [-0.15, -0.1) is 0 Å². The van der Waals surface area contributed by atoms with Crippen molar-refractivity contribution in [1.29, 1.82) is 0 Å². The number of thiazole rings is 1. The Morgan fingerprint density at radius 2 is 2.31 bits per heavy atom. The van der Waals surface area contributed by atoms with Crippen molar-refractivity contribution in [2.75, 3.05) is 25.2 Å². The summed E-state index contributed by atoms with van der Waals surface area (Å²) in [4.78, 5) is 19.3. The maximum absolute atomic E-state index is 13.0. The van der Waals surface area contributed by atoms with Crippen LogP contribution in [0, 0.1) is 6.92 Å². The maximum Gasteiger partial charge on any atom is 0.298 e. The van der Waals surface area contributed by atoms with Crippen molar-refractivity contribution in [2.24, 2.45) is 0 Å². The van der Waals surface area contributed by atoms with Crippen LogP contribution in [0.1, 0.15) is 29.1 Å². The molecule has 1 amide bonds. The summed E-state index contributed by atoms with van der Waals surface area (Å²) in [5.41, 5.74) is 1.49. The lowest BCUT2D eigenvalue weighted by atomic mass is 10.2. The van der Waals surface area contributed by atoms with Gasteiger partial charge in [0.1, 0.15) is 5.75 Å². The van der Waals surface area contributed by atoms with Crippen LogP contribution >= 0.6 is 11.3 Å². The molecule has 0 spiro atoms. The van der Waals surface area contributed by atoms with E-state index in [0.29, 0.717) is 17.4 Å². The first kappa shape index (κ1) is 17.0. The zero-order valence-electron chi connectivity index (χ0n) is 14.6. The van der Waals surface area contributed by atoms with Crippen LogP contribution in [0.4, 0.5) is 5.13 Å². The number of fused-ring (bicyclic) bond motifs is 1. The average Bonchev–Trinajstić information content (AvgIpc) is 3.38. The van der Waals surface area contributed by atoms with E-state index >= 15 is 0 Å². The van der Waals surface area contributed by atoms with Crippen LogP contribution in [0.5, 0.6) is 5.75 Å². The molecule has 0 N–H and O–H groups in total. The molecule has 1 unspecified atom stereocenters. The molecule has 0 bridgehead atoms. The van der Waals surface area contributed by atoms with Gasteiger partial charge < -0.3 is 14.0 Å². The van der Waals surface area contributed by atoms with Crippen LogP contribution in [0.3, 0.4) is 0 Å². The van der Waals surface area contributed by atoms with E-state index in [1.54, 1.807) is 25.0 Å². The van der Waals surface area contributed by atoms with Gasteiger partial charge in [-0.05, 0) is 38.0 Å². The summed E-state index contributed by atoms with van der Waals surface area (Å²) < 4.78 is 17.1. The van der Waals surface area contributed by atoms with Crippen molar-refractivity contribution >= 4 is 32.6 Å². The Balaban J connectivity index is 1.70. The SMILES string of the molecule is COc1ccc2nc(N(CC3CCCO3)C(=O)c3cc(C)no3)sc2c1. The third-order valence-electron chi connectivity index (χ3n) is 4.31. The van der Waals surface area contributed by atoms with Gasteiger partial charge in [-0.1, -0.05) is 16.5 Å². The molecule has 8 heteroatoms. The molecule has 1 saturated heterocycles. The van der Waals surface area contributed by atoms with Crippen molar-refractivity contribution in [3.05, 3.63) is 35.7 Å². The van der Waals surface area contributed by atoms with Crippen molar-refractivity contribution < 1.29 is 18.8 Å². The summed E-state index contributed by atoms with van der Waals surface area (Å²) in [6, 6.07) is 7.31. The largest absolute Gasteiger partial charge is 0.497 e. The van der Waals surface area contributed by atoms with Crippen molar-refractivity contribution in [3.8, 4) is 5.75 Å². The highest BCUT2D eigenvalue weighted by Crippen LogP contribution is 2.33. The lowest BCUT2D eigenvalue weighted by Gasteiger charge is -2.21. The normalized spacial score (nSPS) is 16.9. The maximum atomic E-state index is 13.0. The van der Waals surface area contributed by atoms with E-state index in [1.807, 2.05) is 18.2 Å². The number of carbonyl (C=O) groups is 1. The van der Waals surface area contributed by atoms with E-state index in [0.717, 1.165) is 35.4 Å². The molecular formula is C18H19N3O4S. The van der Waals surface area contributed by atoms with Crippen LogP contribution in [-0.4, -0.2) is 42.4 Å². The van der Waals surface area contributed by atoms with Crippen LogP contribution in [0.15, 0.2) is 28.8 Å². The summed E-state index contributed by atoms with van der Waals surface area (Å²) in [6.45, 7) is 2.95. The fraction of sp³-hybridized carbons (Fsp3) is 0.389. The Hall–Kier alpha value is -2.45. The van der Waals surface area contributed by atoms with Gasteiger partial charge in [0.15, 0.2) is 5.13 Å². The van der Waals surface area contributed by atoms with Crippen LogP contribution in [0.25, 0.3) is 10.2 Å². The van der Waals surface area contributed by atoms with E-state index in [9.17, 15) is 4.79 Å². The Labute approximate surface area is 154 Å². The van der Waals surface area contributed by atoms with E-state index < -0.39 is 0 Å². The second kappa shape index (κ2) is 7.05. The van der Waals surface area contributed by atoms with Crippen LogP contribution < -0.4 is 9.64 Å². The number of aryl methyl sites for hydroxylation is 1. The Morgan fingerprint density at radius 3 is 3.00 bits per heavy atom. The molecule has 1 aliphatic heterocycles. The number of ether oxygens (including phenoxy) is 2. The average molecular weight is 373 g/mol. The van der Waals surface area contributed by atoms with Crippen molar-refractivity contribution in [3.63, 3.8) is 0 Å².